The third kappa shape index (κ3) is 2.89. The minimum atomic E-state index is -0.785. The van der Waals surface area contributed by atoms with Gasteiger partial charge in [0, 0.05) is 6.54 Å². The molecule has 1 aliphatic heterocycles. The fraction of sp³-hybridized carbons (Fsp3) is 0.750. The number of nitrogens with one attached hydrogen (secondary N) is 1. The summed E-state index contributed by atoms with van der Waals surface area (Å²) in [7, 11) is 0. The Bertz CT molecular complexity index is 438. The number of rotatable bonds is 4. The molecule has 0 aromatic carbocycles. The van der Waals surface area contributed by atoms with Gasteiger partial charge in [-0.2, -0.15) is 0 Å². The molecule has 0 radical (unpaired) electrons. The van der Waals surface area contributed by atoms with Crippen LogP contribution in [-0.2, 0) is 9.59 Å². The molecular formula is C16H26N2O2. The van der Waals surface area contributed by atoms with E-state index >= 15 is 0 Å². The predicted molar refractivity (Wildman–Crippen MR) is 79.1 cm³/mol. The summed E-state index contributed by atoms with van der Waals surface area (Å²) in [4.78, 5) is 26.7. The van der Waals surface area contributed by atoms with Crippen LogP contribution in [0.1, 0.15) is 53.4 Å². The van der Waals surface area contributed by atoms with Crippen LogP contribution in [0.5, 0.6) is 0 Å². The number of nitrogens with zero attached hydrogens (tertiary/aromatic N) is 1. The van der Waals surface area contributed by atoms with E-state index in [1.807, 2.05) is 13.8 Å². The van der Waals surface area contributed by atoms with Gasteiger partial charge in [-0.25, -0.2) is 0 Å². The van der Waals surface area contributed by atoms with E-state index in [9.17, 15) is 9.59 Å². The van der Waals surface area contributed by atoms with E-state index in [1.54, 1.807) is 18.7 Å². The molecule has 20 heavy (non-hydrogen) atoms. The summed E-state index contributed by atoms with van der Waals surface area (Å²) >= 11 is 0. The highest BCUT2D eigenvalue weighted by Crippen LogP contribution is 2.26. The molecule has 4 heteroatoms. The fourth-order valence-corrected chi connectivity index (χ4v) is 3.19. The van der Waals surface area contributed by atoms with Crippen molar-refractivity contribution in [3.8, 4) is 0 Å². The van der Waals surface area contributed by atoms with Crippen molar-refractivity contribution in [1.82, 2.24) is 10.2 Å². The molecule has 112 valence electrons. The van der Waals surface area contributed by atoms with E-state index in [0.717, 1.165) is 19.3 Å². The van der Waals surface area contributed by atoms with Gasteiger partial charge < -0.3 is 10.2 Å². The summed E-state index contributed by atoms with van der Waals surface area (Å²) in [6, 6.07) is -0.336. The minimum Gasteiger partial charge on any atom is -0.340 e. The number of carbonyl (C=O) groups is 2. The van der Waals surface area contributed by atoms with E-state index in [4.69, 9.17) is 0 Å². The Morgan fingerprint density at radius 3 is 2.65 bits per heavy atom. The number of amides is 2. The Morgan fingerprint density at radius 1 is 1.40 bits per heavy atom. The lowest BCUT2D eigenvalue weighted by Crippen LogP contribution is -2.69. The molecule has 4 nitrogen and oxygen atoms in total. The molecule has 0 aromatic heterocycles. The highest BCUT2D eigenvalue weighted by Gasteiger charge is 2.45. The zero-order valence-corrected chi connectivity index (χ0v) is 13.0. The van der Waals surface area contributed by atoms with Gasteiger partial charge in [-0.3, -0.25) is 9.59 Å². The summed E-state index contributed by atoms with van der Waals surface area (Å²) in [5, 5.41) is 2.85. The number of allylic oxidation sites excluding steroid dienone is 1. The van der Waals surface area contributed by atoms with Crippen molar-refractivity contribution in [2.45, 2.75) is 65.0 Å². The Labute approximate surface area is 121 Å². The maximum absolute atomic E-state index is 12.6. The van der Waals surface area contributed by atoms with Crippen molar-refractivity contribution in [3.05, 3.63) is 11.6 Å². The summed E-state index contributed by atoms with van der Waals surface area (Å²) in [6.07, 6.45) is 6.71. The zero-order valence-electron chi connectivity index (χ0n) is 13.0. The van der Waals surface area contributed by atoms with Crippen LogP contribution in [0.3, 0.4) is 0 Å². The van der Waals surface area contributed by atoms with Crippen molar-refractivity contribution in [3.63, 3.8) is 0 Å². The fourth-order valence-electron chi connectivity index (χ4n) is 3.19. The normalized spacial score (nSPS) is 25.9. The number of hydrogen-bond acceptors (Lipinski definition) is 2. The molecule has 1 heterocycles. The van der Waals surface area contributed by atoms with Gasteiger partial charge in [0.1, 0.15) is 11.6 Å². The first-order valence-electron chi connectivity index (χ1n) is 7.64. The van der Waals surface area contributed by atoms with Gasteiger partial charge in [-0.05, 0) is 45.4 Å². The van der Waals surface area contributed by atoms with Crippen molar-refractivity contribution < 1.29 is 9.59 Å². The summed E-state index contributed by atoms with van der Waals surface area (Å²) in [5.74, 6) is 0.145. The van der Waals surface area contributed by atoms with Crippen molar-refractivity contribution >= 4 is 11.8 Å². The monoisotopic (exact) mass is 278 g/mol. The number of carbonyl (C=O) groups excluding carboxylic acids is 2. The van der Waals surface area contributed by atoms with E-state index in [1.165, 1.54) is 12.0 Å². The van der Waals surface area contributed by atoms with Crippen LogP contribution in [0.2, 0.25) is 0 Å². The largest absolute Gasteiger partial charge is 0.340 e. The molecular weight excluding hydrogens is 252 g/mol. The first-order valence-corrected chi connectivity index (χ1v) is 7.64. The molecule has 1 aliphatic carbocycles. The number of piperazine rings is 1. The molecule has 1 atom stereocenters. The van der Waals surface area contributed by atoms with Crippen LogP contribution in [0.15, 0.2) is 11.6 Å². The first kappa shape index (κ1) is 15.1. The van der Waals surface area contributed by atoms with Crippen LogP contribution in [-0.4, -0.2) is 34.8 Å². The molecule has 0 aromatic rings. The second kappa shape index (κ2) is 5.58. The molecule has 1 unspecified atom stereocenters. The van der Waals surface area contributed by atoms with Crippen molar-refractivity contribution in [2.24, 2.45) is 5.92 Å². The summed E-state index contributed by atoms with van der Waals surface area (Å²) in [6.45, 7) is 8.22. The molecule has 0 spiro atoms. The SMILES string of the molecule is CC(C)C1C(=O)NC(C)(C)C(=O)N1CCC1=CCCC1. The van der Waals surface area contributed by atoms with Crippen LogP contribution in [0.4, 0.5) is 0 Å². The topological polar surface area (TPSA) is 49.4 Å². The predicted octanol–water partition coefficient (Wildman–Crippen LogP) is 2.25. The second-order valence-electron chi connectivity index (χ2n) is 6.81. The van der Waals surface area contributed by atoms with Crippen molar-refractivity contribution in [2.75, 3.05) is 6.54 Å². The van der Waals surface area contributed by atoms with Gasteiger partial charge in [-0.1, -0.05) is 25.5 Å². The molecule has 1 N–H and O–H groups in total. The molecule has 0 saturated carbocycles. The van der Waals surface area contributed by atoms with E-state index in [-0.39, 0.29) is 23.8 Å². The molecule has 2 rings (SSSR count). The molecule has 0 bridgehead atoms. The first-order chi connectivity index (χ1) is 9.33. The van der Waals surface area contributed by atoms with Crippen LogP contribution in [0, 0.1) is 5.92 Å². The second-order valence-corrected chi connectivity index (χ2v) is 6.81. The van der Waals surface area contributed by atoms with Gasteiger partial charge in [0.25, 0.3) is 0 Å². The van der Waals surface area contributed by atoms with Gasteiger partial charge >= 0.3 is 0 Å². The van der Waals surface area contributed by atoms with E-state index < -0.39 is 5.54 Å². The zero-order chi connectivity index (χ0) is 14.9. The quantitative estimate of drug-likeness (QED) is 0.802. The average molecular weight is 278 g/mol. The molecule has 1 saturated heterocycles. The van der Waals surface area contributed by atoms with E-state index in [2.05, 4.69) is 11.4 Å². The van der Waals surface area contributed by atoms with E-state index in [0.29, 0.717) is 6.54 Å². The third-order valence-electron chi connectivity index (χ3n) is 4.28. The maximum Gasteiger partial charge on any atom is 0.248 e. The van der Waals surface area contributed by atoms with Crippen LogP contribution < -0.4 is 5.32 Å². The lowest BCUT2D eigenvalue weighted by atomic mass is 9.91. The molecule has 2 amide bonds. The smallest absolute Gasteiger partial charge is 0.248 e. The maximum atomic E-state index is 12.6. The Morgan fingerprint density at radius 2 is 2.10 bits per heavy atom. The molecule has 1 fully saturated rings. The van der Waals surface area contributed by atoms with Gasteiger partial charge in [0.05, 0.1) is 0 Å². The van der Waals surface area contributed by atoms with Crippen LogP contribution >= 0.6 is 0 Å². The highest BCUT2D eigenvalue weighted by atomic mass is 16.2. The van der Waals surface area contributed by atoms with Crippen LogP contribution in [0.25, 0.3) is 0 Å². The van der Waals surface area contributed by atoms with Gasteiger partial charge in [0.2, 0.25) is 11.8 Å². The van der Waals surface area contributed by atoms with Gasteiger partial charge in [0.15, 0.2) is 0 Å². The Hall–Kier alpha value is -1.32. The Balaban J connectivity index is 2.14. The van der Waals surface area contributed by atoms with Gasteiger partial charge in [-0.15, -0.1) is 0 Å². The standard InChI is InChI=1S/C16H26N2O2/c1-11(2)13-14(19)17-16(3,4)15(20)18(13)10-9-12-7-5-6-8-12/h7,11,13H,5-6,8-10H2,1-4H3,(H,17,19). The lowest BCUT2D eigenvalue weighted by molar-refractivity contribution is -0.155. The Kier molecular flexibility index (Phi) is 4.21. The lowest BCUT2D eigenvalue weighted by Gasteiger charge is -2.44. The highest BCUT2D eigenvalue weighted by molar-refractivity contribution is 5.99. The number of hydrogen-bond donors (Lipinski definition) is 1. The molecule has 2 aliphatic rings. The average Bonchev–Trinajstić information content (AvgIpc) is 2.83. The summed E-state index contributed by atoms with van der Waals surface area (Å²) < 4.78 is 0. The summed E-state index contributed by atoms with van der Waals surface area (Å²) in [5.41, 5.74) is 0.649. The minimum absolute atomic E-state index is 0.0231. The third-order valence-corrected chi connectivity index (χ3v) is 4.28. The van der Waals surface area contributed by atoms with Crippen molar-refractivity contribution in [1.29, 1.82) is 0 Å².